The predicted molar refractivity (Wildman–Crippen MR) is 57.8 cm³/mol. The fraction of sp³-hybridized carbons (Fsp3) is 0.583. The van der Waals surface area contributed by atoms with Crippen molar-refractivity contribution in [3.63, 3.8) is 0 Å². The van der Waals surface area contributed by atoms with Crippen molar-refractivity contribution in [2.45, 2.75) is 32.2 Å². The highest BCUT2D eigenvalue weighted by molar-refractivity contribution is 5.93. The Morgan fingerprint density at radius 1 is 1.67 bits per heavy atom. The molecule has 3 nitrogen and oxygen atoms in total. The molecule has 2 atom stereocenters. The van der Waals surface area contributed by atoms with Crippen molar-refractivity contribution >= 4 is 5.78 Å². The van der Waals surface area contributed by atoms with Crippen molar-refractivity contribution in [3.8, 4) is 0 Å². The summed E-state index contributed by atoms with van der Waals surface area (Å²) in [7, 11) is 0. The van der Waals surface area contributed by atoms with E-state index in [9.17, 15) is 4.79 Å². The van der Waals surface area contributed by atoms with Gasteiger partial charge in [-0.2, -0.15) is 0 Å². The molecule has 1 fully saturated rings. The van der Waals surface area contributed by atoms with Crippen molar-refractivity contribution in [1.82, 2.24) is 5.32 Å². The molecule has 0 radical (unpaired) electrons. The molecule has 1 aliphatic rings. The molecular formula is C12H17NO2. The fourth-order valence-corrected chi connectivity index (χ4v) is 2.14. The molecule has 0 saturated carbocycles. The van der Waals surface area contributed by atoms with E-state index in [2.05, 4.69) is 12.2 Å². The highest BCUT2D eigenvalue weighted by atomic mass is 16.3. The molecule has 0 aromatic carbocycles. The Labute approximate surface area is 89.9 Å². The first-order chi connectivity index (χ1) is 7.25. The summed E-state index contributed by atoms with van der Waals surface area (Å²) in [6, 6.07) is 3.81. The zero-order valence-corrected chi connectivity index (χ0v) is 9.03. The topological polar surface area (TPSA) is 42.2 Å². The van der Waals surface area contributed by atoms with E-state index in [1.165, 1.54) is 6.42 Å². The van der Waals surface area contributed by atoms with Gasteiger partial charge < -0.3 is 9.73 Å². The Morgan fingerprint density at radius 2 is 2.53 bits per heavy atom. The van der Waals surface area contributed by atoms with Crippen LogP contribution in [0.3, 0.4) is 0 Å². The van der Waals surface area contributed by atoms with E-state index in [0.717, 1.165) is 18.9 Å². The standard InChI is InChI=1S/C12H17NO2/c1-9-4-5-13-10(7-9)8-11(14)12-3-2-6-15-12/h2-3,6,9-10,13H,4-5,7-8H2,1H3. The minimum atomic E-state index is 0.103. The maximum atomic E-state index is 11.7. The molecule has 2 unspecified atom stereocenters. The number of carbonyl (C=O) groups excluding carboxylic acids is 1. The van der Waals surface area contributed by atoms with Gasteiger partial charge in [0.15, 0.2) is 11.5 Å². The van der Waals surface area contributed by atoms with Gasteiger partial charge >= 0.3 is 0 Å². The van der Waals surface area contributed by atoms with E-state index in [1.54, 1.807) is 18.4 Å². The van der Waals surface area contributed by atoms with Gasteiger partial charge in [0.2, 0.25) is 0 Å². The van der Waals surface area contributed by atoms with E-state index >= 15 is 0 Å². The summed E-state index contributed by atoms with van der Waals surface area (Å²) >= 11 is 0. The van der Waals surface area contributed by atoms with Gasteiger partial charge in [0.05, 0.1) is 6.26 Å². The van der Waals surface area contributed by atoms with Crippen LogP contribution in [0.1, 0.15) is 36.7 Å². The third-order valence-electron chi connectivity index (χ3n) is 2.98. The first-order valence-corrected chi connectivity index (χ1v) is 5.56. The van der Waals surface area contributed by atoms with E-state index in [-0.39, 0.29) is 5.78 Å². The summed E-state index contributed by atoms with van der Waals surface area (Å²) in [5.41, 5.74) is 0. The lowest BCUT2D eigenvalue weighted by Gasteiger charge is -2.27. The second-order valence-electron chi connectivity index (χ2n) is 4.39. The van der Waals surface area contributed by atoms with Gasteiger partial charge in [-0.1, -0.05) is 6.92 Å². The summed E-state index contributed by atoms with van der Waals surface area (Å²) in [6.45, 7) is 3.27. The average molecular weight is 207 g/mol. The minimum absolute atomic E-state index is 0.103. The Hall–Kier alpha value is -1.09. The van der Waals surface area contributed by atoms with Crippen LogP contribution in [0.5, 0.6) is 0 Å². The van der Waals surface area contributed by atoms with Gasteiger partial charge in [-0.15, -0.1) is 0 Å². The molecule has 3 heteroatoms. The third-order valence-corrected chi connectivity index (χ3v) is 2.98. The molecule has 0 spiro atoms. The van der Waals surface area contributed by atoms with Crippen LogP contribution >= 0.6 is 0 Å². The molecular weight excluding hydrogens is 190 g/mol. The molecule has 0 amide bonds. The number of piperidine rings is 1. The molecule has 0 bridgehead atoms. The monoisotopic (exact) mass is 207 g/mol. The lowest BCUT2D eigenvalue weighted by atomic mass is 9.91. The fourth-order valence-electron chi connectivity index (χ4n) is 2.14. The molecule has 1 aromatic rings. The third kappa shape index (κ3) is 2.69. The maximum Gasteiger partial charge on any atom is 0.199 e. The largest absolute Gasteiger partial charge is 0.461 e. The second-order valence-corrected chi connectivity index (χ2v) is 4.39. The lowest BCUT2D eigenvalue weighted by molar-refractivity contribution is 0.0931. The van der Waals surface area contributed by atoms with Crippen LogP contribution in [0.15, 0.2) is 22.8 Å². The Balaban J connectivity index is 1.89. The summed E-state index contributed by atoms with van der Waals surface area (Å²) < 4.78 is 5.09. The van der Waals surface area contributed by atoms with Gasteiger partial charge in [0, 0.05) is 12.5 Å². The van der Waals surface area contributed by atoms with E-state index in [1.807, 2.05) is 0 Å². The summed E-state index contributed by atoms with van der Waals surface area (Å²) in [6.07, 6.45) is 4.40. The molecule has 15 heavy (non-hydrogen) atoms. The Kier molecular flexibility index (Phi) is 3.21. The number of rotatable bonds is 3. The van der Waals surface area contributed by atoms with Crippen LogP contribution in [0, 0.1) is 5.92 Å². The molecule has 2 heterocycles. The minimum Gasteiger partial charge on any atom is -0.461 e. The van der Waals surface area contributed by atoms with Crippen molar-refractivity contribution in [1.29, 1.82) is 0 Å². The highest BCUT2D eigenvalue weighted by Crippen LogP contribution is 2.18. The van der Waals surface area contributed by atoms with Gasteiger partial charge in [-0.3, -0.25) is 4.79 Å². The number of nitrogens with one attached hydrogen (secondary N) is 1. The van der Waals surface area contributed by atoms with E-state index < -0.39 is 0 Å². The zero-order chi connectivity index (χ0) is 10.7. The lowest BCUT2D eigenvalue weighted by Crippen LogP contribution is -2.38. The molecule has 1 aliphatic heterocycles. The zero-order valence-electron chi connectivity index (χ0n) is 9.03. The Morgan fingerprint density at radius 3 is 3.20 bits per heavy atom. The van der Waals surface area contributed by atoms with Crippen molar-refractivity contribution in [2.24, 2.45) is 5.92 Å². The molecule has 82 valence electrons. The van der Waals surface area contributed by atoms with Gasteiger partial charge in [0.25, 0.3) is 0 Å². The quantitative estimate of drug-likeness (QED) is 0.773. The Bertz CT molecular complexity index is 318. The number of ketones is 1. The predicted octanol–water partition coefficient (Wildman–Crippen LogP) is 2.24. The van der Waals surface area contributed by atoms with Crippen molar-refractivity contribution in [2.75, 3.05) is 6.54 Å². The van der Waals surface area contributed by atoms with Crippen LogP contribution in [-0.2, 0) is 0 Å². The van der Waals surface area contributed by atoms with Crippen LogP contribution in [0.4, 0.5) is 0 Å². The van der Waals surface area contributed by atoms with Gasteiger partial charge in [-0.05, 0) is 37.4 Å². The first-order valence-electron chi connectivity index (χ1n) is 5.56. The van der Waals surface area contributed by atoms with Crippen molar-refractivity contribution in [3.05, 3.63) is 24.2 Å². The molecule has 1 N–H and O–H groups in total. The second kappa shape index (κ2) is 4.62. The summed E-state index contributed by atoms with van der Waals surface area (Å²) in [4.78, 5) is 11.7. The molecule has 1 aromatic heterocycles. The van der Waals surface area contributed by atoms with Crippen LogP contribution < -0.4 is 5.32 Å². The van der Waals surface area contributed by atoms with E-state index in [0.29, 0.717) is 18.2 Å². The summed E-state index contributed by atoms with van der Waals surface area (Å²) in [5.74, 6) is 1.31. The van der Waals surface area contributed by atoms with Crippen LogP contribution in [-0.4, -0.2) is 18.4 Å². The number of Topliss-reactive ketones (excluding diaryl/α,β-unsaturated/α-hetero) is 1. The molecule has 2 rings (SSSR count). The van der Waals surface area contributed by atoms with Crippen molar-refractivity contribution < 1.29 is 9.21 Å². The average Bonchev–Trinajstić information content (AvgIpc) is 2.70. The normalized spacial score (nSPS) is 26.5. The number of furan rings is 1. The molecule has 1 saturated heterocycles. The summed E-state index contributed by atoms with van der Waals surface area (Å²) in [5, 5.41) is 3.38. The number of hydrogen-bond donors (Lipinski definition) is 1. The van der Waals surface area contributed by atoms with Crippen LogP contribution in [0.2, 0.25) is 0 Å². The van der Waals surface area contributed by atoms with Gasteiger partial charge in [-0.25, -0.2) is 0 Å². The maximum absolute atomic E-state index is 11.7. The highest BCUT2D eigenvalue weighted by Gasteiger charge is 2.22. The molecule has 0 aliphatic carbocycles. The SMILES string of the molecule is CC1CCNC(CC(=O)c2ccco2)C1. The first kappa shape index (κ1) is 10.4. The van der Waals surface area contributed by atoms with Gasteiger partial charge in [0.1, 0.15) is 0 Å². The van der Waals surface area contributed by atoms with E-state index in [4.69, 9.17) is 4.42 Å². The number of carbonyl (C=O) groups is 1. The van der Waals surface area contributed by atoms with Crippen LogP contribution in [0.25, 0.3) is 0 Å². The number of hydrogen-bond acceptors (Lipinski definition) is 3. The smallest absolute Gasteiger partial charge is 0.199 e.